The number of hydrogen-bond acceptors (Lipinski definition) is 4. The van der Waals surface area contributed by atoms with Gasteiger partial charge in [0.25, 0.3) is 0 Å². The molecule has 0 aliphatic heterocycles. The molecule has 0 aromatic heterocycles. The first kappa shape index (κ1) is 22.5. The number of aryl methyl sites for hydroxylation is 1. The van der Waals surface area contributed by atoms with E-state index in [-0.39, 0.29) is 17.3 Å². The van der Waals surface area contributed by atoms with E-state index in [0.29, 0.717) is 34.5 Å². The Balaban J connectivity index is 2.14. The molecule has 6 nitrogen and oxygen atoms in total. The van der Waals surface area contributed by atoms with Gasteiger partial charge in [-0.3, -0.25) is 4.79 Å². The molecule has 0 heterocycles. The molecule has 0 unspecified atom stereocenters. The molecule has 0 spiro atoms. The van der Waals surface area contributed by atoms with Gasteiger partial charge in [0.2, 0.25) is 15.9 Å². The second-order valence-corrected chi connectivity index (χ2v) is 8.94. The minimum absolute atomic E-state index is 0.0247. The second kappa shape index (κ2) is 9.60. The molecule has 152 valence electrons. The average Bonchev–Trinajstić information content (AvgIpc) is 2.61. The van der Waals surface area contributed by atoms with Gasteiger partial charge >= 0.3 is 0 Å². The number of rotatable bonds is 8. The minimum atomic E-state index is -3.60. The van der Waals surface area contributed by atoms with Crippen molar-refractivity contribution in [2.75, 3.05) is 30.3 Å². The molecule has 2 N–H and O–H groups in total. The van der Waals surface area contributed by atoms with Crippen LogP contribution in [0.2, 0.25) is 10.0 Å². The van der Waals surface area contributed by atoms with E-state index in [2.05, 4.69) is 10.6 Å². The van der Waals surface area contributed by atoms with Gasteiger partial charge in [-0.1, -0.05) is 43.1 Å². The lowest BCUT2D eigenvalue weighted by Crippen LogP contribution is -2.30. The van der Waals surface area contributed by atoms with Crippen LogP contribution in [0.15, 0.2) is 41.3 Å². The van der Waals surface area contributed by atoms with E-state index in [4.69, 9.17) is 23.2 Å². The zero-order valence-corrected chi connectivity index (χ0v) is 18.2. The summed E-state index contributed by atoms with van der Waals surface area (Å²) < 4.78 is 26.8. The van der Waals surface area contributed by atoms with Crippen molar-refractivity contribution in [3.63, 3.8) is 0 Å². The van der Waals surface area contributed by atoms with Crippen molar-refractivity contribution in [2.24, 2.45) is 0 Å². The number of nitrogens with zero attached hydrogens (tertiary/aromatic N) is 1. The molecule has 9 heteroatoms. The largest absolute Gasteiger partial charge is 0.376 e. The number of amides is 1. The third-order valence-electron chi connectivity index (χ3n) is 4.14. The summed E-state index contributed by atoms with van der Waals surface area (Å²) in [6.07, 6.45) is 0. The smallest absolute Gasteiger partial charge is 0.243 e. The van der Waals surface area contributed by atoms with Gasteiger partial charge in [0.05, 0.1) is 11.4 Å². The molecule has 2 aromatic carbocycles. The van der Waals surface area contributed by atoms with Crippen LogP contribution in [0.1, 0.15) is 19.4 Å². The topological polar surface area (TPSA) is 78.5 Å². The normalized spacial score (nSPS) is 11.5. The number of anilines is 2. The molecular formula is C19H23Cl2N3O3S. The van der Waals surface area contributed by atoms with Crippen LogP contribution in [0.25, 0.3) is 0 Å². The second-order valence-electron chi connectivity index (χ2n) is 6.13. The fourth-order valence-electron chi connectivity index (χ4n) is 2.64. The molecule has 1 amide bonds. The summed E-state index contributed by atoms with van der Waals surface area (Å²) in [4.78, 5) is 12.5. The van der Waals surface area contributed by atoms with Gasteiger partial charge in [0, 0.05) is 34.5 Å². The number of halogens is 2. The van der Waals surface area contributed by atoms with Gasteiger partial charge in [0.1, 0.15) is 0 Å². The first-order chi connectivity index (χ1) is 13.2. The van der Waals surface area contributed by atoms with Crippen molar-refractivity contribution in [1.82, 2.24) is 4.31 Å². The standard InChI is InChI=1S/C19H23Cl2N3O3S/c1-4-24(5-2)28(26,27)17-7-6-13(3)18(11-17)23-19(25)12-22-16-9-14(20)8-15(21)10-16/h6-11,22H,4-5,12H2,1-3H3,(H,23,25). The molecule has 0 fully saturated rings. The van der Waals surface area contributed by atoms with Crippen LogP contribution in [0.5, 0.6) is 0 Å². The fraction of sp³-hybridized carbons (Fsp3) is 0.316. The van der Waals surface area contributed by atoms with Gasteiger partial charge < -0.3 is 10.6 Å². The quantitative estimate of drug-likeness (QED) is 0.634. The Bertz CT molecular complexity index is 941. The molecule has 0 saturated carbocycles. The van der Waals surface area contributed by atoms with E-state index in [1.807, 2.05) is 0 Å². The number of carbonyl (C=O) groups is 1. The van der Waals surface area contributed by atoms with Crippen LogP contribution >= 0.6 is 23.2 Å². The molecule has 0 aliphatic rings. The Morgan fingerprint density at radius 1 is 1.04 bits per heavy atom. The van der Waals surface area contributed by atoms with Gasteiger partial charge in [0.15, 0.2) is 0 Å². The van der Waals surface area contributed by atoms with E-state index >= 15 is 0 Å². The lowest BCUT2D eigenvalue weighted by atomic mass is 10.2. The number of carbonyl (C=O) groups excluding carboxylic acids is 1. The maximum absolute atomic E-state index is 12.7. The van der Waals surface area contributed by atoms with E-state index in [1.165, 1.54) is 10.4 Å². The van der Waals surface area contributed by atoms with E-state index < -0.39 is 10.0 Å². The summed E-state index contributed by atoms with van der Waals surface area (Å²) in [5.74, 6) is -0.323. The van der Waals surface area contributed by atoms with Crippen molar-refractivity contribution in [3.05, 3.63) is 52.0 Å². The highest BCUT2D eigenvalue weighted by Gasteiger charge is 2.22. The van der Waals surface area contributed by atoms with Crippen LogP contribution in [-0.2, 0) is 14.8 Å². The Hall–Kier alpha value is -1.80. The van der Waals surface area contributed by atoms with Gasteiger partial charge in [-0.25, -0.2) is 8.42 Å². The van der Waals surface area contributed by atoms with Crippen molar-refractivity contribution in [1.29, 1.82) is 0 Å². The highest BCUT2D eigenvalue weighted by atomic mass is 35.5. The minimum Gasteiger partial charge on any atom is -0.376 e. The summed E-state index contributed by atoms with van der Waals surface area (Å²) in [6.45, 7) is 6.09. The van der Waals surface area contributed by atoms with Crippen LogP contribution < -0.4 is 10.6 Å². The number of sulfonamides is 1. The maximum atomic E-state index is 12.7. The zero-order valence-electron chi connectivity index (χ0n) is 15.9. The predicted octanol–water partition coefficient (Wildman–Crippen LogP) is 4.38. The Morgan fingerprint density at radius 2 is 1.64 bits per heavy atom. The number of nitrogens with one attached hydrogen (secondary N) is 2. The Labute approximate surface area is 175 Å². The van der Waals surface area contributed by atoms with E-state index in [0.717, 1.165) is 5.56 Å². The Kier molecular flexibility index (Phi) is 7.71. The molecule has 0 bridgehead atoms. The molecule has 28 heavy (non-hydrogen) atoms. The molecular weight excluding hydrogens is 421 g/mol. The van der Waals surface area contributed by atoms with Crippen molar-refractivity contribution < 1.29 is 13.2 Å². The molecule has 0 atom stereocenters. The van der Waals surface area contributed by atoms with Crippen molar-refractivity contribution in [2.45, 2.75) is 25.7 Å². The van der Waals surface area contributed by atoms with Crippen molar-refractivity contribution >= 4 is 50.5 Å². The highest BCUT2D eigenvalue weighted by Crippen LogP contribution is 2.24. The summed E-state index contributed by atoms with van der Waals surface area (Å²) >= 11 is 11.9. The lowest BCUT2D eigenvalue weighted by Gasteiger charge is -2.19. The summed E-state index contributed by atoms with van der Waals surface area (Å²) in [7, 11) is -3.60. The van der Waals surface area contributed by atoms with Crippen LogP contribution in [0, 0.1) is 6.92 Å². The molecule has 2 rings (SSSR count). The Morgan fingerprint density at radius 3 is 2.21 bits per heavy atom. The first-order valence-electron chi connectivity index (χ1n) is 8.78. The van der Waals surface area contributed by atoms with Gasteiger partial charge in [-0.2, -0.15) is 4.31 Å². The number of benzene rings is 2. The SMILES string of the molecule is CCN(CC)S(=O)(=O)c1ccc(C)c(NC(=O)CNc2cc(Cl)cc(Cl)c2)c1. The fourth-order valence-corrected chi connectivity index (χ4v) is 4.65. The average molecular weight is 444 g/mol. The summed E-state index contributed by atoms with van der Waals surface area (Å²) in [5.41, 5.74) is 1.82. The third kappa shape index (κ3) is 5.61. The van der Waals surface area contributed by atoms with Gasteiger partial charge in [-0.05, 0) is 42.8 Å². The molecule has 2 aromatic rings. The summed E-state index contributed by atoms with van der Waals surface area (Å²) in [5, 5.41) is 6.60. The first-order valence-corrected chi connectivity index (χ1v) is 11.0. The van der Waals surface area contributed by atoms with Crippen molar-refractivity contribution in [3.8, 4) is 0 Å². The summed E-state index contributed by atoms with van der Waals surface area (Å²) in [6, 6.07) is 9.62. The monoisotopic (exact) mass is 443 g/mol. The predicted molar refractivity (Wildman–Crippen MR) is 115 cm³/mol. The maximum Gasteiger partial charge on any atom is 0.243 e. The third-order valence-corrected chi connectivity index (χ3v) is 6.62. The molecule has 0 aliphatic carbocycles. The van der Waals surface area contributed by atoms with E-state index in [9.17, 15) is 13.2 Å². The number of hydrogen-bond donors (Lipinski definition) is 2. The van der Waals surface area contributed by atoms with E-state index in [1.54, 1.807) is 51.1 Å². The van der Waals surface area contributed by atoms with Crippen LogP contribution in [0.3, 0.4) is 0 Å². The van der Waals surface area contributed by atoms with Crippen LogP contribution in [-0.4, -0.2) is 38.3 Å². The lowest BCUT2D eigenvalue weighted by molar-refractivity contribution is -0.114. The van der Waals surface area contributed by atoms with Crippen LogP contribution in [0.4, 0.5) is 11.4 Å². The highest BCUT2D eigenvalue weighted by molar-refractivity contribution is 7.89. The molecule has 0 saturated heterocycles. The molecule has 0 radical (unpaired) electrons. The zero-order chi connectivity index (χ0) is 20.9. The van der Waals surface area contributed by atoms with Gasteiger partial charge in [-0.15, -0.1) is 0 Å².